The number of benzene rings is 1. The van der Waals surface area contributed by atoms with Crippen molar-refractivity contribution in [2.24, 2.45) is 0 Å². The molecule has 1 aliphatic heterocycles. The van der Waals surface area contributed by atoms with Crippen molar-refractivity contribution in [3.05, 3.63) is 46.3 Å². The molecule has 0 aliphatic carbocycles. The SMILES string of the molecule is CCOC(=O)c1ccc(NC(=O)c2cc(S(=O)(=O)N3CCCCC3)ccc2C)s1. The average molecular weight is 437 g/mol. The molecule has 2 aromatic rings. The molecule has 0 atom stereocenters. The Morgan fingerprint density at radius 1 is 1.14 bits per heavy atom. The minimum atomic E-state index is -3.63. The van der Waals surface area contributed by atoms with E-state index in [1.165, 1.54) is 10.4 Å². The summed E-state index contributed by atoms with van der Waals surface area (Å²) in [7, 11) is -3.63. The van der Waals surface area contributed by atoms with Gasteiger partial charge >= 0.3 is 5.97 Å². The summed E-state index contributed by atoms with van der Waals surface area (Å²) < 4.78 is 32.3. The van der Waals surface area contributed by atoms with Crippen LogP contribution in [0.3, 0.4) is 0 Å². The predicted octanol–water partition coefficient (Wildman–Crippen LogP) is 3.66. The maximum atomic E-state index is 12.9. The number of thiophene rings is 1. The lowest BCUT2D eigenvalue weighted by molar-refractivity contribution is 0.0532. The van der Waals surface area contributed by atoms with E-state index in [1.54, 1.807) is 38.1 Å². The monoisotopic (exact) mass is 436 g/mol. The van der Waals surface area contributed by atoms with Crippen LogP contribution in [0.25, 0.3) is 0 Å². The molecule has 2 heterocycles. The Labute approximate surface area is 174 Å². The standard InChI is InChI=1S/C20H24N2O5S2/c1-3-27-20(24)17-9-10-18(28-17)21-19(23)16-13-15(8-7-14(16)2)29(25,26)22-11-5-4-6-12-22/h7-10,13H,3-6,11-12H2,1-2H3,(H,21,23). The van der Waals surface area contributed by atoms with Gasteiger partial charge in [-0.15, -0.1) is 11.3 Å². The van der Waals surface area contributed by atoms with Gasteiger partial charge in [-0.25, -0.2) is 13.2 Å². The zero-order valence-electron chi connectivity index (χ0n) is 16.4. The van der Waals surface area contributed by atoms with E-state index in [-0.39, 0.29) is 17.1 Å². The molecule has 156 valence electrons. The molecule has 3 rings (SSSR count). The van der Waals surface area contributed by atoms with Crippen molar-refractivity contribution < 1.29 is 22.7 Å². The number of piperidine rings is 1. The van der Waals surface area contributed by atoms with Crippen LogP contribution in [0.4, 0.5) is 5.00 Å². The number of esters is 1. The number of nitrogens with one attached hydrogen (secondary N) is 1. The summed E-state index contributed by atoms with van der Waals surface area (Å²) in [5.41, 5.74) is 0.955. The van der Waals surface area contributed by atoms with Crippen LogP contribution in [0, 0.1) is 6.92 Å². The van der Waals surface area contributed by atoms with E-state index in [1.807, 2.05) is 0 Å². The van der Waals surface area contributed by atoms with Gasteiger partial charge in [0.05, 0.1) is 16.5 Å². The fourth-order valence-corrected chi connectivity index (χ4v) is 5.50. The van der Waals surface area contributed by atoms with Crippen molar-refractivity contribution in [3.63, 3.8) is 0 Å². The van der Waals surface area contributed by atoms with Crippen molar-refractivity contribution in [3.8, 4) is 0 Å². The van der Waals surface area contributed by atoms with Gasteiger partial charge in [0.2, 0.25) is 10.0 Å². The lowest BCUT2D eigenvalue weighted by Crippen LogP contribution is -2.35. The summed E-state index contributed by atoms with van der Waals surface area (Å²) >= 11 is 1.11. The molecule has 1 N–H and O–H groups in total. The molecule has 1 aromatic heterocycles. The quantitative estimate of drug-likeness (QED) is 0.698. The van der Waals surface area contributed by atoms with Gasteiger partial charge in [-0.3, -0.25) is 4.79 Å². The maximum Gasteiger partial charge on any atom is 0.348 e. The highest BCUT2D eigenvalue weighted by molar-refractivity contribution is 7.89. The number of hydrogen-bond acceptors (Lipinski definition) is 6. The molecule has 1 aliphatic rings. The summed E-state index contributed by atoms with van der Waals surface area (Å²) in [6.07, 6.45) is 2.72. The molecule has 7 nitrogen and oxygen atoms in total. The molecule has 1 fully saturated rings. The van der Waals surface area contributed by atoms with Gasteiger partial charge in [-0.1, -0.05) is 12.5 Å². The number of anilines is 1. The van der Waals surface area contributed by atoms with E-state index in [2.05, 4.69) is 5.32 Å². The van der Waals surface area contributed by atoms with Gasteiger partial charge < -0.3 is 10.1 Å². The van der Waals surface area contributed by atoms with E-state index < -0.39 is 21.9 Å². The van der Waals surface area contributed by atoms with E-state index in [0.29, 0.717) is 28.5 Å². The second kappa shape index (κ2) is 9.06. The Hall–Kier alpha value is -2.23. The van der Waals surface area contributed by atoms with Gasteiger partial charge in [0, 0.05) is 18.7 Å². The van der Waals surface area contributed by atoms with Crippen LogP contribution in [0.2, 0.25) is 0 Å². The fourth-order valence-electron chi connectivity index (χ4n) is 3.16. The first-order valence-corrected chi connectivity index (χ1v) is 11.8. The van der Waals surface area contributed by atoms with Crippen LogP contribution in [0.15, 0.2) is 35.2 Å². The normalized spacial score (nSPS) is 15.1. The zero-order chi connectivity index (χ0) is 21.0. The minimum absolute atomic E-state index is 0.119. The Morgan fingerprint density at radius 3 is 2.55 bits per heavy atom. The van der Waals surface area contributed by atoms with E-state index in [0.717, 1.165) is 30.6 Å². The van der Waals surface area contributed by atoms with Crippen LogP contribution in [0.5, 0.6) is 0 Å². The van der Waals surface area contributed by atoms with E-state index >= 15 is 0 Å². The van der Waals surface area contributed by atoms with Crippen LogP contribution >= 0.6 is 11.3 Å². The zero-order valence-corrected chi connectivity index (χ0v) is 18.1. The van der Waals surface area contributed by atoms with Crippen LogP contribution in [-0.4, -0.2) is 44.3 Å². The van der Waals surface area contributed by atoms with Crippen molar-refractivity contribution >= 4 is 38.2 Å². The average Bonchev–Trinajstić information content (AvgIpc) is 3.17. The molecule has 0 saturated carbocycles. The number of aryl methyl sites for hydroxylation is 1. The number of carbonyl (C=O) groups is 2. The summed E-state index contributed by atoms with van der Waals surface area (Å²) in [6.45, 7) is 4.76. The number of hydrogen-bond donors (Lipinski definition) is 1. The maximum absolute atomic E-state index is 12.9. The lowest BCUT2D eigenvalue weighted by Gasteiger charge is -2.26. The highest BCUT2D eigenvalue weighted by Gasteiger charge is 2.27. The van der Waals surface area contributed by atoms with Gasteiger partial charge in [0.15, 0.2) is 0 Å². The number of sulfonamides is 1. The summed E-state index contributed by atoms with van der Waals surface area (Å²) in [5, 5.41) is 3.23. The first-order valence-electron chi connectivity index (χ1n) is 9.52. The molecule has 0 radical (unpaired) electrons. The summed E-state index contributed by atoms with van der Waals surface area (Å²) in [5.74, 6) is -0.862. The summed E-state index contributed by atoms with van der Waals surface area (Å²) in [6, 6.07) is 7.82. The highest BCUT2D eigenvalue weighted by atomic mass is 32.2. The van der Waals surface area contributed by atoms with Crippen molar-refractivity contribution in [1.29, 1.82) is 0 Å². The van der Waals surface area contributed by atoms with Gasteiger partial charge in [-0.2, -0.15) is 4.31 Å². The smallest absolute Gasteiger partial charge is 0.348 e. The predicted molar refractivity (Wildman–Crippen MR) is 112 cm³/mol. The number of rotatable bonds is 6. The second-order valence-corrected chi connectivity index (χ2v) is 9.80. The number of carbonyl (C=O) groups excluding carboxylic acids is 2. The Bertz CT molecular complexity index is 1010. The fraction of sp³-hybridized carbons (Fsp3) is 0.400. The van der Waals surface area contributed by atoms with Crippen LogP contribution in [-0.2, 0) is 14.8 Å². The van der Waals surface area contributed by atoms with Gasteiger partial charge in [0.1, 0.15) is 4.88 Å². The van der Waals surface area contributed by atoms with Crippen molar-refractivity contribution in [1.82, 2.24) is 4.31 Å². The number of nitrogens with zero attached hydrogens (tertiary/aromatic N) is 1. The Balaban J connectivity index is 1.81. The van der Waals surface area contributed by atoms with Gasteiger partial charge in [-0.05, 0) is 56.5 Å². The van der Waals surface area contributed by atoms with Crippen LogP contribution < -0.4 is 5.32 Å². The highest BCUT2D eigenvalue weighted by Crippen LogP contribution is 2.26. The molecule has 29 heavy (non-hydrogen) atoms. The largest absolute Gasteiger partial charge is 0.462 e. The minimum Gasteiger partial charge on any atom is -0.462 e. The first kappa shape index (κ1) is 21.5. The molecule has 0 spiro atoms. The first-order chi connectivity index (χ1) is 13.8. The number of amides is 1. The van der Waals surface area contributed by atoms with Crippen molar-refractivity contribution in [2.75, 3.05) is 25.0 Å². The number of ether oxygens (including phenoxy) is 1. The molecule has 1 aromatic carbocycles. The second-order valence-electron chi connectivity index (χ2n) is 6.78. The molecule has 0 bridgehead atoms. The van der Waals surface area contributed by atoms with Crippen LogP contribution in [0.1, 0.15) is 51.8 Å². The third-order valence-electron chi connectivity index (χ3n) is 4.73. The molecule has 0 unspecified atom stereocenters. The topological polar surface area (TPSA) is 92.8 Å². The van der Waals surface area contributed by atoms with E-state index in [9.17, 15) is 18.0 Å². The molecular weight excluding hydrogens is 412 g/mol. The third-order valence-corrected chi connectivity index (χ3v) is 7.60. The molecular formula is C20H24N2O5S2. The van der Waals surface area contributed by atoms with Crippen molar-refractivity contribution in [2.45, 2.75) is 38.0 Å². The summed E-state index contributed by atoms with van der Waals surface area (Å²) in [4.78, 5) is 25.1. The van der Waals surface area contributed by atoms with E-state index in [4.69, 9.17) is 4.74 Å². The Kier molecular flexibility index (Phi) is 6.71. The lowest BCUT2D eigenvalue weighted by atomic mass is 10.1. The Morgan fingerprint density at radius 2 is 1.86 bits per heavy atom. The van der Waals surface area contributed by atoms with Gasteiger partial charge in [0.25, 0.3) is 5.91 Å². The molecule has 1 amide bonds. The third kappa shape index (κ3) is 4.85. The molecule has 9 heteroatoms. The molecule has 1 saturated heterocycles.